The fourth-order valence-electron chi connectivity index (χ4n) is 8.37. The van der Waals surface area contributed by atoms with Crippen molar-refractivity contribution in [3.8, 4) is 22.3 Å². The molecule has 2 unspecified atom stereocenters. The fourth-order valence-corrected chi connectivity index (χ4v) is 12.8. The highest BCUT2D eigenvalue weighted by Gasteiger charge is 2.55. The molecule has 5 nitrogen and oxygen atoms in total. The lowest BCUT2D eigenvalue weighted by Crippen LogP contribution is -2.63. The zero-order valence-corrected chi connectivity index (χ0v) is 24.0. The van der Waals surface area contributed by atoms with Gasteiger partial charge in [0.1, 0.15) is 5.91 Å². The van der Waals surface area contributed by atoms with Crippen LogP contribution in [0.5, 0.6) is 0 Å². The number of hydrogen-bond donors (Lipinski definition) is 1. The smallest absolute Gasteiger partial charge is 0.330 e. The summed E-state index contributed by atoms with van der Waals surface area (Å²) in [5, 5.41) is 5.25. The Kier molecular flexibility index (Phi) is 3.95. The van der Waals surface area contributed by atoms with E-state index in [4.69, 9.17) is 4.76 Å². The molecule has 0 saturated carbocycles. The first-order valence-corrected chi connectivity index (χ1v) is 16.2. The van der Waals surface area contributed by atoms with E-state index >= 15 is 0 Å². The SMILES string of the molecule is CC1=CC(C)=NP23=Cc4c(ccc5c4B4c6c(ccc(c62)N2C=CN(C)C23)-c2ccccc2N4c2ccccc2-5)N1. The molecule has 6 aliphatic heterocycles. The Labute approximate surface area is 240 Å². The van der Waals surface area contributed by atoms with Gasteiger partial charge in [-0.3, -0.25) is 4.76 Å². The van der Waals surface area contributed by atoms with Gasteiger partial charge in [0.2, 0.25) is 0 Å². The fraction of sp³-hybridized carbons (Fsp3) is 0.118. The second-order valence-electron chi connectivity index (χ2n) is 12.0. The van der Waals surface area contributed by atoms with Crippen molar-refractivity contribution in [2.45, 2.75) is 19.8 Å². The molecule has 41 heavy (non-hydrogen) atoms. The van der Waals surface area contributed by atoms with Crippen molar-refractivity contribution in [3.63, 3.8) is 0 Å². The molecular weight excluding hydrogens is 520 g/mol. The minimum absolute atomic E-state index is 0.0585. The molecule has 6 aliphatic rings. The van der Waals surface area contributed by atoms with Crippen LogP contribution in [0.2, 0.25) is 0 Å². The molecule has 0 aromatic heterocycles. The molecule has 0 aliphatic carbocycles. The van der Waals surface area contributed by atoms with Crippen LogP contribution in [0.3, 0.4) is 0 Å². The van der Waals surface area contributed by atoms with Gasteiger partial charge in [0.25, 0.3) is 0 Å². The minimum atomic E-state index is -2.32. The van der Waals surface area contributed by atoms with Crippen molar-refractivity contribution < 1.29 is 0 Å². The van der Waals surface area contributed by atoms with Crippen molar-refractivity contribution in [2.24, 2.45) is 4.76 Å². The summed E-state index contributed by atoms with van der Waals surface area (Å²) in [6.07, 6.45) is 6.71. The van der Waals surface area contributed by atoms with E-state index < -0.39 is 7.04 Å². The van der Waals surface area contributed by atoms with E-state index in [0.29, 0.717) is 0 Å². The molecule has 7 heteroatoms. The van der Waals surface area contributed by atoms with Crippen molar-refractivity contribution >= 4 is 64.4 Å². The highest BCUT2D eigenvalue weighted by molar-refractivity contribution is 7.83. The molecule has 0 fully saturated rings. The second-order valence-corrected chi connectivity index (χ2v) is 14.8. The number of hydrogen-bond acceptors (Lipinski definition) is 5. The van der Waals surface area contributed by atoms with Crippen LogP contribution < -0.4 is 31.3 Å². The Morgan fingerprint density at radius 2 is 1.49 bits per heavy atom. The van der Waals surface area contributed by atoms with E-state index in [0.717, 1.165) is 11.4 Å². The molecule has 1 N–H and O–H groups in total. The van der Waals surface area contributed by atoms with Crippen LogP contribution in [-0.4, -0.2) is 36.2 Å². The van der Waals surface area contributed by atoms with Crippen molar-refractivity contribution in [1.82, 2.24) is 4.90 Å². The van der Waals surface area contributed by atoms with E-state index in [9.17, 15) is 0 Å². The summed E-state index contributed by atoms with van der Waals surface area (Å²) in [6, 6.07) is 27.3. The number of rotatable bonds is 0. The third-order valence-electron chi connectivity index (χ3n) is 9.67. The van der Waals surface area contributed by atoms with E-state index in [1.165, 1.54) is 66.8 Å². The monoisotopic (exact) mass is 547 g/mol. The lowest BCUT2D eigenvalue weighted by Gasteiger charge is -2.44. The number of nitrogens with one attached hydrogen (secondary N) is 1. The zero-order valence-electron chi connectivity index (χ0n) is 23.1. The van der Waals surface area contributed by atoms with Gasteiger partial charge in [-0.05, 0) is 77.6 Å². The second kappa shape index (κ2) is 7.26. The van der Waals surface area contributed by atoms with Gasteiger partial charge in [0, 0.05) is 64.3 Å². The van der Waals surface area contributed by atoms with Crippen LogP contribution in [-0.2, 0) is 0 Å². The number of nitrogens with zero attached hydrogens (tertiary/aromatic N) is 4. The number of anilines is 4. The maximum Gasteiger partial charge on any atom is 0.330 e. The topological polar surface area (TPSA) is 34.1 Å². The Morgan fingerprint density at radius 3 is 2.27 bits per heavy atom. The van der Waals surface area contributed by atoms with E-state index in [-0.39, 0.29) is 12.8 Å². The maximum atomic E-state index is 5.83. The van der Waals surface area contributed by atoms with Gasteiger partial charge in [0.05, 0.1) is 12.7 Å². The van der Waals surface area contributed by atoms with Gasteiger partial charge in [-0.2, -0.15) is 0 Å². The van der Waals surface area contributed by atoms with Crippen LogP contribution in [0.25, 0.3) is 22.3 Å². The molecule has 0 radical (unpaired) electrons. The summed E-state index contributed by atoms with van der Waals surface area (Å²) in [4.78, 5) is 7.52. The Hall–Kier alpha value is -4.41. The maximum absolute atomic E-state index is 5.83. The van der Waals surface area contributed by atoms with Gasteiger partial charge in [-0.15, -0.1) is 0 Å². The van der Waals surface area contributed by atoms with E-state index in [2.05, 4.69) is 138 Å². The van der Waals surface area contributed by atoms with Crippen LogP contribution in [0.4, 0.5) is 22.7 Å². The summed E-state index contributed by atoms with van der Waals surface area (Å²) in [5.74, 6) is 2.74. The first-order valence-electron chi connectivity index (χ1n) is 14.3. The largest absolute Gasteiger partial charge is 0.376 e. The Morgan fingerprint density at radius 1 is 0.780 bits per heavy atom. The van der Waals surface area contributed by atoms with Crippen LogP contribution in [0, 0.1) is 0 Å². The lowest BCUT2D eigenvalue weighted by atomic mass is 9.42. The molecular formula is C34H27BN5P. The third-order valence-corrected chi connectivity index (χ3v) is 13.5. The van der Waals surface area contributed by atoms with E-state index in [1.807, 2.05) is 0 Å². The molecule has 4 aromatic carbocycles. The average molecular weight is 547 g/mol. The number of fused-ring (bicyclic) bond motifs is 8. The standard InChI is InChI=1S/C34H27BN5P/c1-20-18-21(2)37-41-19-26-27(36-20)14-12-24-22-8-4-6-10-28(22)40-29-11-7-5-9-23(29)25-13-15-30(39-17-16-38(3)34(39)41)33(41)32(25)35(40)31(24)26/h4-19,34,36H,1-3H3. The first-order chi connectivity index (χ1) is 20.0. The molecule has 6 heterocycles. The Bertz CT molecular complexity index is 2070. The normalized spacial score (nSPS) is 22.8. The zero-order chi connectivity index (χ0) is 27.2. The molecule has 2 atom stereocenters. The van der Waals surface area contributed by atoms with Crippen LogP contribution in [0.15, 0.2) is 102 Å². The molecule has 1 spiro atoms. The minimum Gasteiger partial charge on any atom is -0.376 e. The first kappa shape index (κ1) is 22.3. The number of allylic oxidation sites excluding steroid dienone is 2. The summed E-state index contributed by atoms with van der Waals surface area (Å²) in [7, 11) is -0.101. The summed E-state index contributed by atoms with van der Waals surface area (Å²) < 4.78 is 5.83. The third kappa shape index (κ3) is 2.51. The molecule has 2 bridgehead atoms. The predicted molar refractivity (Wildman–Crippen MR) is 176 cm³/mol. The van der Waals surface area contributed by atoms with Gasteiger partial charge in [-0.25, -0.2) is 0 Å². The molecule has 0 saturated heterocycles. The van der Waals surface area contributed by atoms with Gasteiger partial charge >= 0.3 is 6.85 Å². The summed E-state index contributed by atoms with van der Waals surface area (Å²) in [5.41, 5.74) is 16.6. The molecule has 0 amide bonds. The summed E-state index contributed by atoms with van der Waals surface area (Å²) in [6.45, 7) is 4.39. The van der Waals surface area contributed by atoms with E-state index in [1.54, 1.807) is 0 Å². The Balaban J connectivity index is 1.49. The van der Waals surface area contributed by atoms with Gasteiger partial charge in [0.15, 0.2) is 0 Å². The average Bonchev–Trinajstić information content (AvgIpc) is 3.46. The van der Waals surface area contributed by atoms with Gasteiger partial charge in [-0.1, -0.05) is 48.5 Å². The highest BCUT2D eigenvalue weighted by Crippen LogP contribution is 2.65. The van der Waals surface area contributed by atoms with Crippen molar-refractivity contribution in [1.29, 1.82) is 0 Å². The van der Waals surface area contributed by atoms with Crippen molar-refractivity contribution in [2.75, 3.05) is 22.1 Å². The number of benzene rings is 4. The van der Waals surface area contributed by atoms with Gasteiger partial charge < -0.3 is 19.9 Å². The predicted octanol–water partition coefficient (Wildman–Crippen LogP) is 5.62. The van der Waals surface area contributed by atoms with Crippen LogP contribution in [0.1, 0.15) is 19.4 Å². The van der Waals surface area contributed by atoms with Crippen LogP contribution >= 0.6 is 7.04 Å². The number of para-hydroxylation sites is 2. The lowest BCUT2D eigenvalue weighted by molar-refractivity contribution is 0.457. The van der Waals surface area contributed by atoms with Crippen molar-refractivity contribution in [3.05, 3.63) is 103 Å². The summed E-state index contributed by atoms with van der Waals surface area (Å²) >= 11 is 0. The molecule has 10 rings (SSSR count). The molecule has 196 valence electrons. The molecule has 4 aromatic rings. The quantitative estimate of drug-likeness (QED) is 0.229. The highest BCUT2D eigenvalue weighted by atomic mass is 31.2.